The fourth-order valence-corrected chi connectivity index (χ4v) is 4.59. The van der Waals surface area contributed by atoms with E-state index in [2.05, 4.69) is 20.8 Å². The van der Waals surface area contributed by atoms with E-state index in [1.807, 2.05) is 19.1 Å². The standard InChI is InChI=1S/C18H20N6O4S/c1-13-5-6-14(24-12-19-21-22-24)11-15(13)20-18(25)16-7-8-17(28-16)29(26,27)23-9-3-2-4-10-23/h5-8,11-12H,2-4,9-10H2,1H3,(H,20,25). The molecule has 1 N–H and O–H groups in total. The third-order valence-electron chi connectivity index (χ3n) is 4.80. The average molecular weight is 416 g/mol. The molecule has 11 heteroatoms. The summed E-state index contributed by atoms with van der Waals surface area (Å²) in [4.78, 5) is 12.6. The van der Waals surface area contributed by atoms with Crippen LogP contribution in [-0.4, -0.2) is 51.9 Å². The highest BCUT2D eigenvalue weighted by molar-refractivity contribution is 7.89. The predicted octanol–water partition coefficient (Wildman–Crippen LogP) is 1.99. The van der Waals surface area contributed by atoms with E-state index >= 15 is 0 Å². The Morgan fingerprint density at radius 2 is 1.93 bits per heavy atom. The molecule has 0 spiro atoms. The van der Waals surface area contributed by atoms with Gasteiger partial charge in [-0.1, -0.05) is 12.5 Å². The van der Waals surface area contributed by atoms with Crippen LogP contribution in [0.4, 0.5) is 5.69 Å². The first-order valence-corrected chi connectivity index (χ1v) is 10.6. The van der Waals surface area contributed by atoms with Crippen molar-refractivity contribution >= 4 is 21.6 Å². The molecule has 0 atom stereocenters. The van der Waals surface area contributed by atoms with Gasteiger partial charge in [-0.2, -0.15) is 4.31 Å². The lowest BCUT2D eigenvalue weighted by Crippen LogP contribution is -2.35. The molecule has 152 valence electrons. The number of aryl methyl sites for hydroxylation is 1. The number of anilines is 1. The third-order valence-corrected chi connectivity index (χ3v) is 6.57. The molecule has 1 amide bonds. The van der Waals surface area contributed by atoms with Crippen LogP contribution >= 0.6 is 0 Å². The molecule has 0 radical (unpaired) electrons. The maximum atomic E-state index is 12.7. The Balaban J connectivity index is 1.53. The SMILES string of the molecule is Cc1ccc(-n2cnnn2)cc1NC(=O)c1ccc(S(=O)(=O)N2CCCCC2)o1. The lowest BCUT2D eigenvalue weighted by Gasteiger charge is -2.24. The van der Waals surface area contributed by atoms with Crippen molar-refractivity contribution in [1.82, 2.24) is 24.5 Å². The Labute approximate surface area is 167 Å². The smallest absolute Gasteiger partial charge is 0.291 e. The number of benzene rings is 1. The Kier molecular flexibility index (Phi) is 5.16. The van der Waals surface area contributed by atoms with Crippen molar-refractivity contribution in [3.05, 3.63) is 48.0 Å². The minimum atomic E-state index is -3.73. The van der Waals surface area contributed by atoms with Gasteiger partial charge in [0.1, 0.15) is 6.33 Å². The maximum Gasteiger partial charge on any atom is 0.291 e. The Morgan fingerprint density at radius 1 is 1.14 bits per heavy atom. The highest BCUT2D eigenvalue weighted by Crippen LogP contribution is 2.24. The van der Waals surface area contributed by atoms with Gasteiger partial charge in [-0.15, -0.1) is 5.10 Å². The molecule has 29 heavy (non-hydrogen) atoms. The largest absolute Gasteiger partial charge is 0.438 e. The lowest BCUT2D eigenvalue weighted by molar-refractivity contribution is 0.0991. The molecule has 4 rings (SSSR count). The Bertz CT molecular complexity index is 1120. The fraction of sp³-hybridized carbons (Fsp3) is 0.333. The number of tetrazole rings is 1. The van der Waals surface area contributed by atoms with Crippen LogP contribution in [0.5, 0.6) is 0 Å². The van der Waals surface area contributed by atoms with Crippen molar-refractivity contribution < 1.29 is 17.6 Å². The lowest BCUT2D eigenvalue weighted by atomic mass is 10.1. The van der Waals surface area contributed by atoms with Crippen LogP contribution in [0, 0.1) is 6.92 Å². The Morgan fingerprint density at radius 3 is 2.66 bits per heavy atom. The summed E-state index contributed by atoms with van der Waals surface area (Å²) in [6.45, 7) is 2.77. The molecule has 1 fully saturated rings. The number of rotatable bonds is 5. The van der Waals surface area contributed by atoms with Gasteiger partial charge in [-0.05, 0) is 60.0 Å². The number of carbonyl (C=O) groups excluding carboxylic acids is 1. The quantitative estimate of drug-likeness (QED) is 0.674. The van der Waals surface area contributed by atoms with Crippen LogP contribution in [0.25, 0.3) is 5.69 Å². The Hall–Kier alpha value is -3.05. The van der Waals surface area contributed by atoms with E-state index in [1.54, 1.807) is 6.07 Å². The van der Waals surface area contributed by atoms with Gasteiger partial charge in [0.2, 0.25) is 5.09 Å². The summed E-state index contributed by atoms with van der Waals surface area (Å²) in [5.41, 5.74) is 2.03. The second-order valence-electron chi connectivity index (χ2n) is 6.79. The van der Waals surface area contributed by atoms with Crippen molar-refractivity contribution in [2.75, 3.05) is 18.4 Å². The number of hydrogen-bond acceptors (Lipinski definition) is 7. The van der Waals surface area contributed by atoms with E-state index in [0.717, 1.165) is 24.8 Å². The topological polar surface area (TPSA) is 123 Å². The van der Waals surface area contributed by atoms with Gasteiger partial charge >= 0.3 is 0 Å². The van der Waals surface area contributed by atoms with Crippen LogP contribution in [-0.2, 0) is 10.0 Å². The van der Waals surface area contributed by atoms with Gasteiger partial charge in [0, 0.05) is 18.8 Å². The van der Waals surface area contributed by atoms with E-state index in [1.165, 1.54) is 27.4 Å². The van der Waals surface area contributed by atoms with Gasteiger partial charge in [-0.25, -0.2) is 13.1 Å². The van der Waals surface area contributed by atoms with Crippen molar-refractivity contribution in [3.8, 4) is 5.69 Å². The number of nitrogens with zero attached hydrogens (tertiary/aromatic N) is 5. The first-order valence-electron chi connectivity index (χ1n) is 9.20. The third kappa shape index (κ3) is 3.91. The molecule has 3 heterocycles. The second-order valence-corrected chi connectivity index (χ2v) is 8.66. The zero-order valence-electron chi connectivity index (χ0n) is 15.8. The zero-order valence-corrected chi connectivity index (χ0v) is 16.6. The van der Waals surface area contributed by atoms with E-state index in [0.29, 0.717) is 24.5 Å². The van der Waals surface area contributed by atoms with Crippen molar-refractivity contribution in [2.24, 2.45) is 0 Å². The van der Waals surface area contributed by atoms with Crippen molar-refractivity contribution in [1.29, 1.82) is 0 Å². The zero-order chi connectivity index (χ0) is 20.4. The normalized spacial score (nSPS) is 15.3. The van der Waals surface area contributed by atoms with E-state index in [9.17, 15) is 13.2 Å². The molecular weight excluding hydrogens is 396 g/mol. The minimum absolute atomic E-state index is 0.0761. The maximum absolute atomic E-state index is 12.7. The molecule has 1 aromatic carbocycles. The van der Waals surface area contributed by atoms with Crippen LogP contribution in [0.3, 0.4) is 0 Å². The first-order chi connectivity index (χ1) is 13.9. The first kappa shape index (κ1) is 19.3. The molecule has 1 saturated heterocycles. The number of hydrogen-bond donors (Lipinski definition) is 1. The van der Waals surface area contributed by atoms with Gasteiger partial charge in [0.15, 0.2) is 5.76 Å². The predicted molar refractivity (Wildman–Crippen MR) is 103 cm³/mol. The molecule has 3 aromatic rings. The van der Waals surface area contributed by atoms with Crippen molar-refractivity contribution in [2.45, 2.75) is 31.3 Å². The molecular formula is C18H20N6O4S. The number of nitrogens with one attached hydrogen (secondary N) is 1. The molecule has 0 bridgehead atoms. The highest BCUT2D eigenvalue weighted by atomic mass is 32.2. The van der Waals surface area contributed by atoms with Crippen molar-refractivity contribution in [3.63, 3.8) is 0 Å². The van der Waals surface area contributed by atoms with E-state index < -0.39 is 15.9 Å². The van der Waals surface area contributed by atoms with Crippen LogP contribution in [0.2, 0.25) is 0 Å². The highest BCUT2D eigenvalue weighted by Gasteiger charge is 2.29. The molecule has 10 nitrogen and oxygen atoms in total. The minimum Gasteiger partial charge on any atom is -0.438 e. The summed E-state index contributed by atoms with van der Waals surface area (Å²) < 4.78 is 33.6. The molecule has 0 aliphatic carbocycles. The fourth-order valence-electron chi connectivity index (χ4n) is 3.16. The summed E-state index contributed by atoms with van der Waals surface area (Å²) in [5, 5.41) is 13.5. The summed E-state index contributed by atoms with van der Waals surface area (Å²) in [6, 6.07) is 8.05. The number of furan rings is 1. The number of sulfonamides is 1. The van der Waals surface area contributed by atoms with Gasteiger partial charge in [0.25, 0.3) is 15.9 Å². The summed E-state index contributed by atoms with van der Waals surface area (Å²) >= 11 is 0. The molecule has 0 unspecified atom stereocenters. The van der Waals surface area contributed by atoms with E-state index in [4.69, 9.17) is 4.42 Å². The number of carbonyl (C=O) groups is 1. The molecule has 2 aromatic heterocycles. The molecule has 1 aliphatic heterocycles. The van der Waals surface area contributed by atoms with Gasteiger partial charge in [0.05, 0.1) is 5.69 Å². The van der Waals surface area contributed by atoms with Crippen LogP contribution in [0.15, 0.2) is 46.2 Å². The van der Waals surface area contributed by atoms with Gasteiger partial charge < -0.3 is 9.73 Å². The average Bonchev–Trinajstić information content (AvgIpc) is 3.43. The van der Waals surface area contributed by atoms with E-state index in [-0.39, 0.29) is 10.9 Å². The van der Waals surface area contributed by atoms with Crippen LogP contribution < -0.4 is 5.32 Å². The second kappa shape index (κ2) is 7.76. The summed E-state index contributed by atoms with van der Waals surface area (Å²) in [7, 11) is -3.73. The number of piperidine rings is 1. The monoisotopic (exact) mass is 416 g/mol. The molecule has 0 saturated carbocycles. The summed E-state index contributed by atoms with van der Waals surface area (Å²) in [5.74, 6) is -0.616. The number of amides is 1. The van der Waals surface area contributed by atoms with Gasteiger partial charge in [-0.3, -0.25) is 4.79 Å². The number of aromatic nitrogens is 4. The summed E-state index contributed by atoms with van der Waals surface area (Å²) in [6.07, 6.45) is 4.11. The molecule has 1 aliphatic rings. The van der Waals surface area contributed by atoms with Crippen LogP contribution in [0.1, 0.15) is 35.4 Å².